The van der Waals surface area contributed by atoms with E-state index in [0.717, 1.165) is 37.3 Å². The maximum absolute atomic E-state index is 13.2. The van der Waals surface area contributed by atoms with Gasteiger partial charge in [-0.3, -0.25) is 4.79 Å². The van der Waals surface area contributed by atoms with Gasteiger partial charge in [0.15, 0.2) is 0 Å². The van der Waals surface area contributed by atoms with E-state index in [-0.39, 0.29) is 6.54 Å². The SMILES string of the molecule is C=CC(=O)OCC(COC(=O)C=C)(COC(=O)C=C)COC(=O)NC1CCC(C)(CNC(=O)OC(COC(C)=O)(COC(=O)C=C)COC(=O)C=C)C(C)(C)C1. The molecular formula is C38H52N2O16. The van der Waals surface area contributed by atoms with Gasteiger partial charge in [0.1, 0.15) is 51.7 Å². The van der Waals surface area contributed by atoms with Crippen molar-refractivity contribution >= 4 is 48.0 Å². The van der Waals surface area contributed by atoms with E-state index in [2.05, 4.69) is 43.5 Å². The summed E-state index contributed by atoms with van der Waals surface area (Å²) in [5.41, 5.74) is -4.57. The average Bonchev–Trinajstić information content (AvgIpc) is 3.17. The van der Waals surface area contributed by atoms with Crippen molar-refractivity contribution in [2.45, 2.75) is 58.6 Å². The molecule has 0 heterocycles. The fraction of sp³-hybridized carbons (Fsp3) is 0.526. The van der Waals surface area contributed by atoms with Crippen LogP contribution in [-0.2, 0) is 66.7 Å². The molecule has 0 aromatic carbocycles. The second-order valence-corrected chi connectivity index (χ2v) is 13.9. The highest BCUT2D eigenvalue weighted by molar-refractivity contribution is 5.83. The minimum atomic E-state index is -1.93. The Kier molecular flexibility index (Phi) is 19.3. The molecule has 1 aliphatic carbocycles. The molecule has 0 aromatic heterocycles. The standard InChI is InChI=1S/C38H52N2O16/c1-10-28(42)50-19-37(20-51-29(43)11-2,21-52-30(44)12-3)22-55-34(48)40-27-15-16-36(9,35(7,8)17-27)18-39-33(47)56-38(23-49-26(6)41,24-53-31(45)13-4)25-54-32(46)14-5/h10-14,27H,1-5,15-25H2,6-9H3,(H,39,47)(H,40,48). The van der Waals surface area contributed by atoms with Crippen LogP contribution in [-0.4, -0.2) is 112 Å². The van der Waals surface area contributed by atoms with E-state index in [1.807, 2.05) is 20.8 Å². The normalized spacial score (nSPS) is 17.2. The van der Waals surface area contributed by atoms with Crippen LogP contribution in [0.5, 0.6) is 0 Å². The smallest absolute Gasteiger partial charge is 0.408 e. The molecular weight excluding hydrogens is 740 g/mol. The number of hydrogen-bond donors (Lipinski definition) is 2. The first-order valence-corrected chi connectivity index (χ1v) is 17.2. The van der Waals surface area contributed by atoms with Crippen molar-refractivity contribution in [1.82, 2.24) is 10.6 Å². The third-order valence-electron chi connectivity index (χ3n) is 9.09. The van der Waals surface area contributed by atoms with Crippen LogP contribution in [0.2, 0.25) is 0 Å². The third kappa shape index (κ3) is 16.2. The molecule has 2 N–H and O–H groups in total. The molecule has 18 heteroatoms. The zero-order chi connectivity index (χ0) is 42.6. The molecule has 1 rings (SSSR count). The van der Waals surface area contributed by atoms with Crippen LogP contribution in [0.4, 0.5) is 9.59 Å². The molecule has 0 aliphatic heterocycles. The highest BCUT2D eigenvalue weighted by Gasteiger charge is 2.47. The van der Waals surface area contributed by atoms with Crippen LogP contribution in [0, 0.1) is 16.2 Å². The molecule has 2 atom stereocenters. The number of carbonyl (C=O) groups excluding carboxylic acids is 8. The van der Waals surface area contributed by atoms with E-state index in [9.17, 15) is 38.4 Å². The van der Waals surface area contributed by atoms with Crippen LogP contribution < -0.4 is 10.6 Å². The van der Waals surface area contributed by atoms with E-state index in [0.29, 0.717) is 19.3 Å². The van der Waals surface area contributed by atoms with E-state index >= 15 is 0 Å². The number of nitrogens with one attached hydrogen (secondary N) is 2. The minimum Gasteiger partial charge on any atom is -0.462 e. The largest absolute Gasteiger partial charge is 0.462 e. The Hall–Kier alpha value is -5.94. The molecule has 1 saturated carbocycles. The number of ether oxygens (including phenoxy) is 8. The molecule has 0 aromatic rings. The van der Waals surface area contributed by atoms with E-state index in [1.165, 1.54) is 0 Å². The van der Waals surface area contributed by atoms with Gasteiger partial charge in [0.05, 0.1) is 0 Å². The summed E-state index contributed by atoms with van der Waals surface area (Å²) in [6, 6.07) is -0.404. The summed E-state index contributed by atoms with van der Waals surface area (Å²) in [5.74, 6) is -4.99. The molecule has 0 spiro atoms. The molecule has 1 aliphatic rings. The topological polar surface area (TPSA) is 234 Å². The monoisotopic (exact) mass is 792 g/mol. The summed E-state index contributed by atoms with van der Waals surface area (Å²) in [6.07, 6.45) is 3.89. The zero-order valence-electron chi connectivity index (χ0n) is 32.3. The molecule has 0 bridgehead atoms. The highest BCUT2D eigenvalue weighted by Crippen LogP contribution is 2.49. The van der Waals surface area contributed by atoms with E-state index in [4.69, 9.17) is 37.9 Å². The molecule has 1 fully saturated rings. The quantitative estimate of drug-likeness (QED) is 0.0860. The van der Waals surface area contributed by atoms with E-state index < -0.39 is 122 Å². The predicted octanol–water partition coefficient (Wildman–Crippen LogP) is 2.96. The van der Waals surface area contributed by atoms with Gasteiger partial charge in [-0.05, 0) is 30.1 Å². The highest BCUT2D eigenvalue weighted by atomic mass is 16.6. The van der Waals surface area contributed by atoms with Gasteiger partial charge in [0.2, 0.25) is 5.60 Å². The van der Waals surface area contributed by atoms with Crippen molar-refractivity contribution < 1.29 is 76.3 Å². The lowest BCUT2D eigenvalue weighted by Crippen LogP contribution is -2.55. The maximum atomic E-state index is 13.2. The molecule has 2 amide bonds. The number of hydrogen-bond acceptors (Lipinski definition) is 16. The van der Waals surface area contributed by atoms with E-state index in [1.54, 1.807) is 0 Å². The molecule has 310 valence electrons. The van der Waals surface area contributed by atoms with Gasteiger partial charge in [0, 0.05) is 49.9 Å². The Balaban J connectivity index is 3.07. The van der Waals surface area contributed by atoms with Gasteiger partial charge < -0.3 is 48.5 Å². The first-order chi connectivity index (χ1) is 26.2. The molecule has 0 radical (unpaired) electrons. The molecule has 18 nitrogen and oxygen atoms in total. The summed E-state index contributed by atoms with van der Waals surface area (Å²) in [4.78, 5) is 97.3. The van der Waals surface area contributed by atoms with Gasteiger partial charge in [0.25, 0.3) is 0 Å². The second kappa shape index (κ2) is 22.4. The second-order valence-electron chi connectivity index (χ2n) is 13.9. The van der Waals surface area contributed by atoms with Gasteiger partial charge >= 0.3 is 48.0 Å². The first-order valence-electron chi connectivity index (χ1n) is 17.2. The number of carbonyl (C=O) groups is 8. The Morgan fingerprint density at radius 1 is 0.607 bits per heavy atom. The zero-order valence-corrected chi connectivity index (χ0v) is 32.3. The van der Waals surface area contributed by atoms with Crippen molar-refractivity contribution in [3.8, 4) is 0 Å². The molecule has 56 heavy (non-hydrogen) atoms. The Morgan fingerprint density at radius 3 is 1.39 bits per heavy atom. The fourth-order valence-corrected chi connectivity index (χ4v) is 5.24. The Bertz CT molecular complexity index is 1430. The number of amides is 2. The van der Waals surface area contributed by atoms with Crippen LogP contribution in [0.25, 0.3) is 0 Å². The number of rotatable bonds is 23. The Morgan fingerprint density at radius 2 is 1.00 bits per heavy atom. The van der Waals surface area contributed by atoms with Crippen LogP contribution in [0.1, 0.15) is 47.0 Å². The maximum Gasteiger partial charge on any atom is 0.408 e. The lowest BCUT2D eigenvalue weighted by Gasteiger charge is -2.50. The summed E-state index contributed by atoms with van der Waals surface area (Å²) in [7, 11) is 0. The first kappa shape index (κ1) is 48.1. The molecule has 0 saturated heterocycles. The van der Waals surface area contributed by atoms with Crippen LogP contribution >= 0.6 is 0 Å². The number of esters is 6. The lowest BCUT2D eigenvalue weighted by atomic mass is 9.57. The van der Waals surface area contributed by atoms with Gasteiger partial charge in [-0.15, -0.1) is 0 Å². The minimum absolute atomic E-state index is 0.0668. The van der Waals surface area contributed by atoms with Crippen molar-refractivity contribution in [2.24, 2.45) is 16.2 Å². The van der Waals surface area contributed by atoms with Gasteiger partial charge in [-0.25, -0.2) is 33.6 Å². The van der Waals surface area contributed by atoms with Crippen LogP contribution in [0.15, 0.2) is 63.3 Å². The lowest BCUT2D eigenvalue weighted by molar-refractivity contribution is -0.171. The third-order valence-corrected chi connectivity index (χ3v) is 9.09. The van der Waals surface area contributed by atoms with Crippen molar-refractivity contribution in [3.05, 3.63) is 63.3 Å². The fourth-order valence-electron chi connectivity index (χ4n) is 5.24. The van der Waals surface area contributed by atoms with Gasteiger partial charge in [-0.1, -0.05) is 53.7 Å². The summed E-state index contributed by atoms with van der Waals surface area (Å²) < 4.78 is 41.8. The van der Waals surface area contributed by atoms with Crippen molar-refractivity contribution in [3.63, 3.8) is 0 Å². The summed E-state index contributed by atoms with van der Waals surface area (Å²) in [6.45, 7) is 19.7. The van der Waals surface area contributed by atoms with Crippen LogP contribution in [0.3, 0.4) is 0 Å². The molecule has 2 unspecified atom stereocenters. The summed E-state index contributed by atoms with van der Waals surface area (Å²) >= 11 is 0. The average molecular weight is 793 g/mol. The van der Waals surface area contributed by atoms with Crippen molar-refractivity contribution in [2.75, 3.05) is 52.8 Å². The predicted molar refractivity (Wildman–Crippen MR) is 196 cm³/mol. The Labute approximate surface area is 325 Å². The van der Waals surface area contributed by atoms with Gasteiger partial charge in [-0.2, -0.15) is 0 Å². The number of alkyl carbamates (subject to hydrolysis) is 2. The summed E-state index contributed by atoms with van der Waals surface area (Å²) in [5, 5.41) is 5.50. The van der Waals surface area contributed by atoms with Crippen molar-refractivity contribution in [1.29, 1.82) is 0 Å².